The lowest BCUT2D eigenvalue weighted by Gasteiger charge is -2.34. The molecule has 1 saturated heterocycles. The van der Waals surface area contributed by atoms with Crippen molar-refractivity contribution in [2.45, 2.75) is 17.2 Å². The molecule has 0 radical (unpaired) electrons. The van der Waals surface area contributed by atoms with Crippen LogP contribution >= 0.6 is 0 Å². The number of carbonyl (C=O) groups excluding carboxylic acids is 1. The van der Waals surface area contributed by atoms with E-state index in [4.69, 9.17) is 0 Å². The third-order valence-corrected chi connectivity index (χ3v) is 8.72. The predicted octanol–water partition coefficient (Wildman–Crippen LogP) is 6.55. The average Bonchev–Trinajstić information content (AvgIpc) is 2.96. The highest BCUT2D eigenvalue weighted by molar-refractivity contribution is 7.89. The number of fused-ring (bicyclic) bond motifs is 1. The Morgan fingerprint density at radius 1 is 0.767 bits per heavy atom. The van der Waals surface area contributed by atoms with E-state index in [2.05, 4.69) is 15.6 Å². The number of hydrogen-bond acceptors (Lipinski definition) is 5. The molecule has 1 aliphatic heterocycles. The van der Waals surface area contributed by atoms with Crippen molar-refractivity contribution in [2.24, 2.45) is 0 Å². The molecule has 15 heteroatoms. The summed E-state index contributed by atoms with van der Waals surface area (Å²) in [5.41, 5.74) is -0.653. The first kappa shape index (κ1) is 30.1. The largest absolute Gasteiger partial charge is 0.416 e. The molecule has 3 aromatic carbocycles. The summed E-state index contributed by atoms with van der Waals surface area (Å²) in [7, 11) is -3.93. The number of piperazine rings is 1. The summed E-state index contributed by atoms with van der Waals surface area (Å²) in [4.78, 5) is 17.9. The van der Waals surface area contributed by atoms with Crippen LogP contribution in [0.15, 0.2) is 83.9 Å². The molecule has 2 N–H and O–H groups in total. The lowest BCUT2D eigenvalue weighted by molar-refractivity contribution is -0.138. The van der Waals surface area contributed by atoms with Crippen LogP contribution in [0.3, 0.4) is 0 Å². The first-order chi connectivity index (χ1) is 20.2. The lowest BCUT2D eigenvalue weighted by atomic mass is 10.1. The number of pyridine rings is 1. The number of carbonyl (C=O) groups is 1. The van der Waals surface area contributed by atoms with E-state index in [1.807, 2.05) is 0 Å². The number of nitrogens with zero attached hydrogens (tertiary/aromatic N) is 3. The molecule has 1 aliphatic rings. The van der Waals surface area contributed by atoms with E-state index in [-0.39, 0.29) is 42.3 Å². The SMILES string of the molecule is O=C(Nc1cccc(C(F)(F)F)c1)N1CCN(S(=O)(=O)c2ccc(Nc3ccnc4cc(C(F)(F)F)ccc34)cc2)CC1. The van der Waals surface area contributed by atoms with Crippen molar-refractivity contribution in [3.05, 3.63) is 90.1 Å². The Bertz CT molecular complexity index is 1750. The van der Waals surface area contributed by atoms with Crippen LogP contribution in [0, 0.1) is 0 Å². The molecule has 1 aromatic heterocycles. The van der Waals surface area contributed by atoms with Crippen molar-refractivity contribution in [1.82, 2.24) is 14.2 Å². The summed E-state index contributed by atoms with van der Waals surface area (Å²) in [6, 6.07) is 14.2. The van der Waals surface area contributed by atoms with E-state index in [9.17, 15) is 39.6 Å². The quantitative estimate of drug-likeness (QED) is 0.246. The second-order valence-corrected chi connectivity index (χ2v) is 11.6. The third kappa shape index (κ3) is 6.67. The highest BCUT2D eigenvalue weighted by Gasteiger charge is 2.33. The summed E-state index contributed by atoms with van der Waals surface area (Å²) >= 11 is 0. The molecule has 4 aromatic rings. The molecule has 43 heavy (non-hydrogen) atoms. The minimum atomic E-state index is -4.56. The molecule has 1 fully saturated rings. The maximum atomic E-state index is 13.2. The Morgan fingerprint density at radius 2 is 1.42 bits per heavy atom. The van der Waals surface area contributed by atoms with Gasteiger partial charge < -0.3 is 15.5 Å². The van der Waals surface area contributed by atoms with Gasteiger partial charge in [0, 0.05) is 54.8 Å². The normalized spacial score (nSPS) is 15.0. The maximum absolute atomic E-state index is 13.2. The Kier molecular flexibility index (Phi) is 7.96. The predicted molar refractivity (Wildman–Crippen MR) is 147 cm³/mol. The second kappa shape index (κ2) is 11.4. The van der Waals surface area contributed by atoms with Gasteiger partial charge in [0.25, 0.3) is 0 Å². The monoisotopic (exact) mass is 623 g/mol. The molecular formula is C28H23F6N5O3S. The standard InChI is InChI=1S/C28H23F6N5O3S/c29-27(30,31)18-2-1-3-21(16-18)37-26(40)38-12-14-39(15-13-38)43(41,42)22-7-5-20(6-8-22)36-24-10-11-35-25-17-19(28(32,33)34)4-9-23(24)25/h1-11,16-17H,12-15H2,(H,35,36)(H,37,40). The molecule has 226 valence electrons. The molecule has 5 rings (SSSR count). The molecule has 0 bridgehead atoms. The number of sulfonamides is 1. The molecule has 0 aliphatic carbocycles. The Labute approximate surface area is 242 Å². The smallest absolute Gasteiger partial charge is 0.355 e. The number of alkyl halides is 6. The number of nitrogens with one attached hydrogen (secondary N) is 2. The van der Waals surface area contributed by atoms with Crippen LogP contribution in [-0.2, 0) is 22.4 Å². The first-order valence-corrected chi connectivity index (χ1v) is 14.2. The fraction of sp³-hybridized carbons (Fsp3) is 0.214. The molecule has 0 atom stereocenters. The zero-order chi connectivity index (χ0) is 31.0. The van der Waals surface area contributed by atoms with E-state index in [1.165, 1.54) is 57.9 Å². The summed E-state index contributed by atoms with van der Waals surface area (Å²) in [6.07, 6.45) is -7.71. The number of amides is 2. The van der Waals surface area contributed by atoms with Gasteiger partial charge in [0.15, 0.2) is 0 Å². The Hall–Kier alpha value is -4.37. The van der Waals surface area contributed by atoms with Crippen LogP contribution in [-0.4, -0.2) is 54.8 Å². The third-order valence-electron chi connectivity index (χ3n) is 6.81. The van der Waals surface area contributed by atoms with Gasteiger partial charge in [0.1, 0.15) is 0 Å². The highest BCUT2D eigenvalue weighted by Crippen LogP contribution is 2.34. The van der Waals surface area contributed by atoms with Gasteiger partial charge in [-0.25, -0.2) is 13.2 Å². The summed E-state index contributed by atoms with van der Waals surface area (Å²) in [5.74, 6) is 0. The summed E-state index contributed by atoms with van der Waals surface area (Å²) in [6.45, 7) is -0.00774. The van der Waals surface area contributed by atoms with Crippen molar-refractivity contribution >= 4 is 44.0 Å². The van der Waals surface area contributed by atoms with Gasteiger partial charge in [-0.05, 0) is 60.7 Å². The van der Waals surface area contributed by atoms with Crippen molar-refractivity contribution in [3.63, 3.8) is 0 Å². The maximum Gasteiger partial charge on any atom is 0.416 e. The van der Waals surface area contributed by atoms with Gasteiger partial charge in [-0.1, -0.05) is 12.1 Å². The van der Waals surface area contributed by atoms with Crippen LogP contribution in [0.2, 0.25) is 0 Å². The number of hydrogen-bond donors (Lipinski definition) is 2. The van der Waals surface area contributed by atoms with Gasteiger partial charge in [0.05, 0.1) is 21.5 Å². The van der Waals surface area contributed by atoms with E-state index in [1.54, 1.807) is 6.07 Å². The molecule has 2 amide bonds. The topological polar surface area (TPSA) is 94.6 Å². The first-order valence-electron chi connectivity index (χ1n) is 12.8. The average molecular weight is 624 g/mol. The van der Waals surface area contributed by atoms with Crippen LogP contribution in [0.4, 0.5) is 48.2 Å². The number of benzene rings is 3. The molecule has 0 saturated carbocycles. The molecular weight excluding hydrogens is 600 g/mol. The Morgan fingerprint density at radius 3 is 2.07 bits per heavy atom. The van der Waals surface area contributed by atoms with E-state index < -0.39 is 39.5 Å². The number of halogens is 6. The van der Waals surface area contributed by atoms with Gasteiger partial charge in [-0.3, -0.25) is 4.98 Å². The van der Waals surface area contributed by atoms with Crippen molar-refractivity contribution < 1.29 is 39.6 Å². The van der Waals surface area contributed by atoms with Crippen LogP contribution in [0.1, 0.15) is 11.1 Å². The molecule has 8 nitrogen and oxygen atoms in total. The zero-order valence-corrected chi connectivity index (χ0v) is 22.9. The van der Waals surface area contributed by atoms with Crippen molar-refractivity contribution in [2.75, 3.05) is 36.8 Å². The zero-order valence-electron chi connectivity index (χ0n) is 22.1. The minimum absolute atomic E-state index is 0.00526. The fourth-order valence-corrected chi connectivity index (χ4v) is 5.98. The van der Waals surface area contributed by atoms with Gasteiger partial charge in [-0.2, -0.15) is 30.6 Å². The van der Waals surface area contributed by atoms with Gasteiger partial charge in [0.2, 0.25) is 10.0 Å². The number of anilines is 3. The van der Waals surface area contributed by atoms with Gasteiger partial charge >= 0.3 is 18.4 Å². The number of urea groups is 1. The molecule has 2 heterocycles. The fourth-order valence-electron chi connectivity index (χ4n) is 4.56. The highest BCUT2D eigenvalue weighted by atomic mass is 32.2. The van der Waals surface area contributed by atoms with E-state index in [0.29, 0.717) is 16.8 Å². The van der Waals surface area contributed by atoms with E-state index in [0.717, 1.165) is 24.3 Å². The number of aromatic nitrogens is 1. The second-order valence-electron chi connectivity index (χ2n) is 9.64. The molecule has 0 spiro atoms. The van der Waals surface area contributed by atoms with Crippen molar-refractivity contribution in [1.29, 1.82) is 0 Å². The van der Waals surface area contributed by atoms with Crippen molar-refractivity contribution in [3.8, 4) is 0 Å². The van der Waals surface area contributed by atoms with Crippen LogP contribution in [0.5, 0.6) is 0 Å². The lowest BCUT2D eigenvalue weighted by Crippen LogP contribution is -2.51. The van der Waals surface area contributed by atoms with Gasteiger partial charge in [-0.15, -0.1) is 0 Å². The number of rotatable bonds is 5. The summed E-state index contributed by atoms with van der Waals surface area (Å²) in [5, 5.41) is 5.93. The summed E-state index contributed by atoms with van der Waals surface area (Å²) < 4.78 is 106. The van der Waals surface area contributed by atoms with Crippen LogP contribution < -0.4 is 10.6 Å². The Balaban J connectivity index is 1.22. The van der Waals surface area contributed by atoms with Crippen LogP contribution in [0.25, 0.3) is 10.9 Å². The van der Waals surface area contributed by atoms with E-state index >= 15 is 0 Å². The minimum Gasteiger partial charge on any atom is -0.355 e. The molecule has 0 unspecified atom stereocenters.